The maximum absolute atomic E-state index is 9.37. The number of hydrogen-bond donors (Lipinski definition) is 2. The topological polar surface area (TPSA) is 108 Å². The zero-order valence-corrected chi connectivity index (χ0v) is 18.4. The van der Waals surface area contributed by atoms with E-state index < -0.39 is 6.29 Å². The van der Waals surface area contributed by atoms with Crippen molar-refractivity contribution in [1.82, 2.24) is 20.2 Å². The molecule has 2 heterocycles. The van der Waals surface area contributed by atoms with Crippen molar-refractivity contribution in [2.24, 2.45) is 18.7 Å². The summed E-state index contributed by atoms with van der Waals surface area (Å²) >= 11 is 1.57. The number of nitrogens with zero attached hydrogens (tertiary/aromatic N) is 4. The smallest absolute Gasteiger partial charge is 0.209 e. The van der Waals surface area contributed by atoms with Crippen molar-refractivity contribution in [3.63, 3.8) is 0 Å². The SMILES string of the molecule is C[C@H]1[C@@H](CSc2nnnn2C)OC(c2ccc(CN)cc2)O[C@H]1c1ccc(CO)cc1. The predicted molar refractivity (Wildman–Crippen MR) is 117 cm³/mol. The predicted octanol–water partition coefficient (Wildman–Crippen LogP) is 2.74. The molecule has 1 aliphatic heterocycles. The summed E-state index contributed by atoms with van der Waals surface area (Å²) in [6.07, 6.45) is -0.713. The molecule has 31 heavy (non-hydrogen) atoms. The minimum absolute atomic E-state index is 0.0194. The highest BCUT2D eigenvalue weighted by molar-refractivity contribution is 7.99. The summed E-state index contributed by atoms with van der Waals surface area (Å²) in [6, 6.07) is 15.9. The molecule has 164 valence electrons. The van der Waals surface area contributed by atoms with Crippen molar-refractivity contribution in [3.8, 4) is 0 Å². The first-order chi connectivity index (χ1) is 15.1. The molecule has 0 saturated carbocycles. The monoisotopic (exact) mass is 441 g/mol. The van der Waals surface area contributed by atoms with E-state index in [4.69, 9.17) is 15.2 Å². The van der Waals surface area contributed by atoms with E-state index in [0.717, 1.165) is 27.4 Å². The lowest BCUT2D eigenvalue weighted by Crippen LogP contribution is -2.38. The van der Waals surface area contributed by atoms with Crippen molar-refractivity contribution in [1.29, 1.82) is 0 Å². The number of aromatic nitrogens is 4. The summed E-state index contributed by atoms with van der Waals surface area (Å²) in [6.45, 7) is 2.65. The number of tetrazole rings is 1. The van der Waals surface area contributed by atoms with Crippen LogP contribution in [0, 0.1) is 5.92 Å². The van der Waals surface area contributed by atoms with Crippen LogP contribution in [0.3, 0.4) is 0 Å². The molecule has 1 aliphatic rings. The first kappa shape index (κ1) is 21.9. The minimum Gasteiger partial charge on any atom is -0.392 e. The van der Waals surface area contributed by atoms with Crippen LogP contribution >= 0.6 is 11.8 Å². The highest BCUT2D eigenvalue weighted by Gasteiger charge is 2.38. The van der Waals surface area contributed by atoms with Crippen LogP contribution in [0.15, 0.2) is 53.7 Å². The Hall–Kier alpha value is -2.30. The lowest BCUT2D eigenvalue weighted by Gasteiger charge is -2.41. The van der Waals surface area contributed by atoms with Crippen LogP contribution in [0.2, 0.25) is 0 Å². The molecule has 9 heteroatoms. The van der Waals surface area contributed by atoms with E-state index in [-0.39, 0.29) is 24.7 Å². The zero-order valence-electron chi connectivity index (χ0n) is 17.6. The van der Waals surface area contributed by atoms with E-state index in [1.54, 1.807) is 16.4 Å². The van der Waals surface area contributed by atoms with E-state index in [1.807, 2.05) is 55.6 Å². The van der Waals surface area contributed by atoms with E-state index in [0.29, 0.717) is 12.3 Å². The lowest BCUT2D eigenvalue weighted by molar-refractivity contribution is -0.268. The molecule has 8 nitrogen and oxygen atoms in total. The molecule has 1 aromatic heterocycles. The Kier molecular flexibility index (Phi) is 6.99. The molecule has 4 atom stereocenters. The first-order valence-corrected chi connectivity index (χ1v) is 11.2. The van der Waals surface area contributed by atoms with Gasteiger partial charge in [-0.15, -0.1) is 5.10 Å². The molecule has 2 aromatic carbocycles. The second-order valence-electron chi connectivity index (χ2n) is 7.66. The van der Waals surface area contributed by atoms with Crippen molar-refractivity contribution >= 4 is 11.8 Å². The number of ether oxygens (including phenoxy) is 2. The fourth-order valence-electron chi connectivity index (χ4n) is 3.62. The van der Waals surface area contributed by atoms with Gasteiger partial charge in [0.2, 0.25) is 5.16 Å². The average molecular weight is 442 g/mol. The number of hydrogen-bond acceptors (Lipinski definition) is 8. The Bertz CT molecular complexity index is 980. The molecule has 3 aromatic rings. The second-order valence-corrected chi connectivity index (χ2v) is 8.65. The fourth-order valence-corrected chi connectivity index (χ4v) is 4.63. The van der Waals surface area contributed by atoms with Crippen LogP contribution < -0.4 is 5.73 Å². The van der Waals surface area contributed by atoms with Crippen LogP contribution in [0.4, 0.5) is 0 Å². The Labute approximate surface area is 185 Å². The molecule has 4 rings (SSSR count). The van der Waals surface area contributed by atoms with Gasteiger partial charge in [-0.1, -0.05) is 67.2 Å². The number of aryl methyl sites for hydroxylation is 1. The van der Waals surface area contributed by atoms with Gasteiger partial charge >= 0.3 is 0 Å². The molecule has 0 spiro atoms. The fraction of sp³-hybridized carbons (Fsp3) is 0.409. The standard InChI is InChI=1S/C22H27N5O3S/c1-14-19(13-31-22-24-25-26-27(22)2)29-21(18-9-3-15(11-23)4-10-18)30-20(14)17-7-5-16(12-28)6-8-17/h3-10,14,19-21,28H,11-13,23H2,1-2H3/t14-,19+,20+,21?/m0/s1. The van der Waals surface area contributed by atoms with E-state index >= 15 is 0 Å². The zero-order chi connectivity index (χ0) is 21.8. The number of nitrogens with two attached hydrogens (primary N) is 1. The summed E-state index contributed by atoms with van der Waals surface area (Å²) in [5.41, 5.74) is 9.69. The Morgan fingerprint density at radius 1 is 1.03 bits per heavy atom. The van der Waals surface area contributed by atoms with Crippen molar-refractivity contribution in [2.45, 2.75) is 43.7 Å². The summed E-state index contributed by atoms with van der Waals surface area (Å²) < 4.78 is 14.5. The molecule has 1 fully saturated rings. The van der Waals surface area contributed by atoms with Gasteiger partial charge in [-0.25, -0.2) is 4.68 Å². The van der Waals surface area contributed by atoms with E-state index in [9.17, 15) is 5.11 Å². The molecule has 1 unspecified atom stereocenters. The molecule has 1 saturated heterocycles. The number of aliphatic hydroxyl groups excluding tert-OH is 1. The quantitative estimate of drug-likeness (QED) is 0.539. The first-order valence-electron chi connectivity index (χ1n) is 10.2. The molecule has 0 aliphatic carbocycles. The summed E-state index contributed by atoms with van der Waals surface area (Å²) in [5, 5.41) is 21.8. The highest BCUT2D eigenvalue weighted by atomic mass is 32.2. The van der Waals surface area contributed by atoms with Crippen LogP contribution in [0.1, 0.15) is 41.6 Å². The molecule has 0 radical (unpaired) electrons. The van der Waals surface area contributed by atoms with Gasteiger partial charge in [0, 0.05) is 30.8 Å². The van der Waals surface area contributed by atoms with Gasteiger partial charge < -0.3 is 20.3 Å². The van der Waals surface area contributed by atoms with Gasteiger partial charge in [-0.3, -0.25) is 0 Å². The minimum atomic E-state index is -0.492. The van der Waals surface area contributed by atoms with Gasteiger partial charge in [-0.05, 0) is 27.1 Å². The third-order valence-electron chi connectivity index (χ3n) is 5.57. The number of benzene rings is 2. The van der Waals surface area contributed by atoms with Crippen LogP contribution in [0.25, 0.3) is 0 Å². The Morgan fingerprint density at radius 3 is 2.32 bits per heavy atom. The average Bonchev–Trinajstić information content (AvgIpc) is 3.23. The van der Waals surface area contributed by atoms with Gasteiger partial charge in [0.05, 0.1) is 18.8 Å². The molecular formula is C22H27N5O3S. The lowest BCUT2D eigenvalue weighted by atomic mass is 9.91. The maximum atomic E-state index is 9.37. The Morgan fingerprint density at radius 2 is 1.71 bits per heavy atom. The summed E-state index contributed by atoms with van der Waals surface area (Å²) in [7, 11) is 1.82. The van der Waals surface area contributed by atoms with E-state index in [1.165, 1.54) is 0 Å². The number of aliphatic hydroxyl groups is 1. The summed E-state index contributed by atoms with van der Waals surface area (Å²) in [5.74, 6) is 0.801. The van der Waals surface area contributed by atoms with Crippen molar-refractivity contribution < 1.29 is 14.6 Å². The molecule has 3 N–H and O–H groups in total. The molecule has 0 bridgehead atoms. The summed E-state index contributed by atoms with van der Waals surface area (Å²) in [4.78, 5) is 0. The normalized spacial score (nSPS) is 23.7. The third kappa shape index (κ3) is 4.97. The number of thioether (sulfide) groups is 1. The van der Waals surface area contributed by atoms with Crippen LogP contribution in [-0.4, -0.2) is 37.2 Å². The maximum Gasteiger partial charge on any atom is 0.209 e. The van der Waals surface area contributed by atoms with Crippen molar-refractivity contribution in [2.75, 3.05) is 5.75 Å². The van der Waals surface area contributed by atoms with E-state index in [2.05, 4.69) is 22.4 Å². The van der Waals surface area contributed by atoms with Gasteiger partial charge in [0.15, 0.2) is 6.29 Å². The third-order valence-corrected chi connectivity index (χ3v) is 6.67. The van der Waals surface area contributed by atoms with Crippen LogP contribution in [-0.2, 0) is 29.7 Å². The van der Waals surface area contributed by atoms with Crippen LogP contribution in [0.5, 0.6) is 0 Å². The largest absolute Gasteiger partial charge is 0.392 e. The second kappa shape index (κ2) is 9.88. The Balaban J connectivity index is 1.58. The van der Waals surface area contributed by atoms with Gasteiger partial charge in [0.1, 0.15) is 0 Å². The van der Waals surface area contributed by atoms with Gasteiger partial charge in [-0.2, -0.15) is 0 Å². The van der Waals surface area contributed by atoms with Gasteiger partial charge in [0.25, 0.3) is 0 Å². The highest BCUT2D eigenvalue weighted by Crippen LogP contribution is 2.42. The van der Waals surface area contributed by atoms with Crippen molar-refractivity contribution in [3.05, 3.63) is 70.8 Å². The molecule has 0 amide bonds. The molecular weight excluding hydrogens is 414 g/mol. The number of rotatable bonds is 7.